The number of rotatable bonds is 1. The first-order chi connectivity index (χ1) is 7.79. The minimum absolute atomic E-state index is 0.761. The number of hydrazine groups is 1. The van der Waals surface area contributed by atoms with E-state index in [0.29, 0.717) is 0 Å². The van der Waals surface area contributed by atoms with Crippen LogP contribution in [0, 0.1) is 5.92 Å². The van der Waals surface area contributed by atoms with E-state index in [2.05, 4.69) is 22.3 Å². The summed E-state index contributed by atoms with van der Waals surface area (Å²) in [6.45, 7) is 2.31. The molecule has 1 aliphatic rings. The zero-order valence-electron chi connectivity index (χ0n) is 9.16. The van der Waals surface area contributed by atoms with Gasteiger partial charge in [0.05, 0.1) is 5.39 Å². The zero-order valence-corrected chi connectivity index (χ0v) is 9.97. The summed E-state index contributed by atoms with van der Waals surface area (Å²) < 4.78 is 0. The summed E-state index contributed by atoms with van der Waals surface area (Å²) in [5.74, 6) is 7.04. The molecule has 84 valence electrons. The van der Waals surface area contributed by atoms with Crippen LogP contribution in [0.4, 0.5) is 5.82 Å². The molecule has 0 bridgehead atoms. The van der Waals surface area contributed by atoms with Crippen LogP contribution in [0.25, 0.3) is 10.2 Å². The van der Waals surface area contributed by atoms with Crippen molar-refractivity contribution in [3.63, 3.8) is 0 Å². The molecule has 0 saturated heterocycles. The number of thiophene rings is 1. The fourth-order valence-corrected chi connectivity index (χ4v) is 3.73. The van der Waals surface area contributed by atoms with Gasteiger partial charge in [-0.05, 0) is 30.7 Å². The van der Waals surface area contributed by atoms with E-state index in [-0.39, 0.29) is 0 Å². The van der Waals surface area contributed by atoms with Gasteiger partial charge >= 0.3 is 0 Å². The van der Waals surface area contributed by atoms with E-state index in [4.69, 9.17) is 5.84 Å². The first-order valence-corrected chi connectivity index (χ1v) is 6.33. The summed E-state index contributed by atoms with van der Waals surface area (Å²) in [6.07, 6.45) is 5.11. The molecular formula is C11H14N4S. The lowest BCUT2D eigenvalue weighted by atomic mass is 9.89. The number of aromatic nitrogens is 2. The Hall–Kier alpha value is -1.20. The molecule has 0 amide bonds. The van der Waals surface area contributed by atoms with Crippen LogP contribution in [0.3, 0.4) is 0 Å². The Morgan fingerprint density at radius 2 is 2.38 bits per heavy atom. The third-order valence-corrected chi connectivity index (χ3v) is 4.39. The summed E-state index contributed by atoms with van der Waals surface area (Å²) in [4.78, 5) is 11.0. The molecule has 4 nitrogen and oxygen atoms in total. The van der Waals surface area contributed by atoms with Gasteiger partial charge in [0.2, 0.25) is 0 Å². The number of aryl methyl sites for hydroxylation is 1. The van der Waals surface area contributed by atoms with E-state index >= 15 is 0 Å². The van der Waals surface area contributed by atoms with Crippen molar-refractivity contribution in [3.05, 3.63) is 16.8 Å². The fraction of sp³-hybridized carbons (Fsp3) is 0.455. The number of hydrogen-bond acceptors (Lipinski definition) is 5. The molecule has 3 N–H and O–H groups in total. The lowest BCUT2D eigenvalue weighted by Crippen LogP contribution is -2.11. The van der Waals surface area contributed by atoms with E-state index < -0.39 is 0 Å². The number of nitrogens with one attached hydrogen (secondary N) is 1. The van der Waals surface area contributed by atoms with Crippen LogP contribution in [-0.4, -0.2) is 9.97 Å². The Labute approximate surface area is 97.9 Å². The number of hydrogen-bond donors (Lipinski definition) is 2. The van der Waals surface area contributed by atoms with Gasteiger partial charge in [-0.3, -0.25) is 0 Å². The minimum atomic E-state index is 0.761. The number of nitrogen functional groups attached to an aromatic ring is 1. The number of fused-ring (bicyclic) bond motifs is 3. The third kappa shape index (κ3) is 1.39. The van der Waals surface area contributed by atoms with Gasteiger partial charge in [-0.1, -0.05) is 6.92 Å². The van der Waals surface area contributed by atoms with E-state index in [1.54, 1.807) is 17.7 Å². The number of anilines is 1. The van der Waals surface area contributed by atoms with Crippen LogP contribution < -0.4 is 11.3 Å². The second kappa shape index (κ2) is 3.68. The van der Waals surface area contributed by atoms with Crippen molar-refractivity contribution in [3.8, 4) is 0 Å². The summed E-state index contributed by atoms with van der Waals surface area (Å²) in [6, 6.07) is 0. The van der Waals surface area contributed by atoms with Crippen molar-refractivity contribution in [2.75, 3.05) is 5.43 Å². The molecule has 0 aromatic carbocycles. The summed E-state index contributed by atoms with van der Waals surface area (Å²) in [7, 11) is 0. The largest absolute Gasteiger partial charge is 0.308 e. The van der Waals surface area contributed by atoms with E-state index in [1.807, 2.05) is 0 Å². The first-order valence-electron chi connectivity index (χ1n) is 5.51. The van der Waals surface area contributed by atoms with Gasteiger partial charge < -0.3 is 5.43 Å². The van der Waals surface area contributed by atoms with E-state index in [1.165, 1.54) is 23.3 Å². The molecule has 1 atom stereocenters. The van der Waals surface area contributed by atoms with Gasteiger partial charge in [-0.15, -0.1) is 11.3 Å². The maximum atomic E-state index is 5.50. The number of nitrogens with two attached hydrogens (primary N) is 1. The van der Waals surface area contributed by atoms with Crippen molar-refractivity contribution >= 4 is 27.4 Å². The Bertz CT molecular complexity index is 534. The van der Waals surface area contributed by atoms with Gasteiger partial charge in [0, 0.05) is 4.88 Å². The van der Waals surface area contributed by atoms with Crippen molar-refractivity contribution in [2.24, 2.45) is 11.8 Å². The molecule has 0 spiro atoms. The Morgan fingerprint density at radius 3 is 3.19 bits per heavy atom. The lowest BCUT2D eigenvalue weighted by Gasteiger charge is -2.17. The van der Waals surface area contributed by atoms with Crippen molar-refractivity contribution < 1.29 is 0 Å². The molecule has 0 radical (unpaired) electrons. The second-order valence-electron chi connectivity index (χ2n) is 4.40. The predicted molar refractivity (Wildman–Crippen MR) is 66.4 cm³/mol. The maximum absolute atomic E-state index is 5.50. The minimum Gasteiger partial charge on any atom is -0.308 e. The first kappa shape index (κ1) is 9.99. The second-order valence-corrected chi connectivity index (χ2v) is 5.48. The fourth-order valence-electron chi connectivity index (χ4n) is 2.38. The smallest absolute Gasteiger partial charge is 0.152 e. The van der Waals surface area contributed by atoms with Crippen molar-refractivity contribution in [1.82, 2.24) is 9.97 Å². The molecule has 2 aromatic rings. The standard InChI is InChI=1S/C11H14N4S/c1-6-2-3-7-8(4-6)16-11-9(7)10(15-12)13-5-14-11/h5-6H,2-4,12H2,1H3,(H,13,14,15)/t6-/m0/s1. The average Bonchev–Trinajstić information content (AvgIpc) is 2.65. The Morgan fingerprint density at radius 1 is 1.50 bits per heavy atom. The quantitative estimate of drug-likeness (QED) is 0.586. The molecule has 1 aliphatic carbocycles. The van der Waals surface area contributed by atoms with E-state index in [9.17, 15) is 0 Å². The summed E-state index contributed by atoms with van der Waals surface area (Å²) in [5.41, 5.74) is 4.08. The number of nitrogens with zero attached hydrogens (tertiary/aromatic N) is 2. The Kier molecular flexibility index (Phi) is 2.29. The molecule has 0 aliphatic heterocycles. The summed E-state index contributed by atoms with van der Waals surface area (Å²) in [5, 5.41) is 1.14. The molecule has 0 unspecified atom stereocenters. The normalized spacial score (nSPS) is 19.8. The molecule has 3 rings (SSSR count). The maximum Gasteiger partial charge on any atom is 0.152 e. The van der Waals surface area contributed by atoms with Gasteiger partial charge in [0.25, 0.3) is 0 Å². The van der Waals surface area contributed by atoms with Crippen molar-refractivity contribution in [1.29, 1.82) is 0 Å². The van der Waals surface area contributed by atoms with Gasteiger partial charge in [-0.25, -0.2) is 15.8 Å². The zero-order chi connectivity index (χ0) is 11.1. The monoisotopic (exact) mass is 234 g/mol. The highest BCUT2D eigenvalue weighted by molar-refractivity contribution is 7.19. The van der Waals surface area contributed by atoms with Gasteiger partial charge in [-0.2, -0.15) is 0 Å². The Balaban J connectivity index is 2.26. The highest BCUT2D eigenvalue weighted by Crippen LogP contribution is 2.39. The molecule has 5 heteroatoms. The topological polar surface area (TPSA) is 63.8 Å². The van der Waals surface area contributed by atoms with Crippen LogP contribution in [0.5, 0.6) is 0 Å². The summed E-state index contributed by atoms with van der Waals surface area (Å²) >= 11 is 1.79. The molecule has 2 heterocycles. The van der Waals surface area contributed by atoms with Crippen molar-refractivity contribution in [2.45, 2.75) is 26.2 Å². The van der Waals surface area contributed by atoms with Crippen LogP contribution in [-0.2, 0) is 12.8 Å². The predicted octanol–water partition coefficient (Wildman–Crippen LogP) is 2.10. The van der Waals surface area contributed by atoms with E-state index in [0.717, 1.165) is 28.4 Å². The van der Waals surface area contributed by atoms with Crippen LogP contribution in [0.1, 0.15) is 23.8 Å². The SMILES string of the molecule is C[C@H]1CCc2c(sc3ncnc(NN)c23)C1. The van der Waals surface area contributed by atoms with Gasteiger partial charge in [0.15, 0.2) is 5.82 Å². The molecule has 2 aromatic heterocycles. The molecule has 0 fully saturated rings. The van der Waals surface area contributed by atoms with Crippen LogP contribution in [0.2, 0.25) is 0 Å². The van der Waals surface area contributed by atoms with Crippen LogP contribution >= 0.6 is 11.3 Å². The average molecular weight is 234 g/mol. The highest BCUT2D eigenvalue weighted by atomic mass is 32.1. The molecule has 16 heavy (non-hydrogen) atoms. The highest BCUT2D eigenvalue weighted by Gasteiger charge is 2.22. The van der Waals surface area contributed by atoms with Crippen LogP contribution in [0.15, 0.2) is 6.33 Å². The van der Waals surface area contributed by atoms with Gasteiger partial charge in [0.1, 0.15) is 11.2 Å². The molecule has 0 saturated carbocycles. The lowest BCUT2D eigenvalue weighted by molar-refractivity contribution is 0.509. The third-order valence-electron chi connectivity index (χ3n) is 3.23. The molecular weight excluding hydrogens is 220 g/mol.